The van der Waals surface area contributed by atoms with Crippen molar-refractivity contribution in [1.82, 2.24) is 15.2 Å². The van der Waals surface area contributed by atoms with Crippen molar-refractivity contribution in [3.63, 3.8) is 0 Å². The van der Waals surface area contributed by atoms with E-state index in [1.165, 1.54) is 0 Å². The monoisotopic (exact) mass is 512 g/mol. The van der Waals surface area contributed by atoms with Crippen molar-refractivity contribution in [2.75, 3.05) is 26.2 Å². The highest BCUT2D eigenvalue weighted by Gasteiger charge is 2.27. The molecule has 1 aliphatic rings. The molecule has 8 heteroatoms. The van der Waals surface area contributed by atoms with E-state index in [9.17, 15) is 4.79 Å². The highest BCUT2D eigenvalue weighted by atomic mass is 127. The summed E-state index contributed by atoms with van der Waals surface area (Å²) in [5, 5.41) is 3.33. The second kappa shape index (κ2) is 11.8. The first-order valence-corrected chi connectivity index (χ1v) is 9.91. The van der Waals surface area contributed by atoms with Gasteiger partial charge in [-0.15, -0.1) is 24.0 Å². The molecule has 0 spiro atoms. The molecule has 0 radical (unpaired) electrons. The van der Waals surface area contributed by atoms with E-state index in [0.29, 0.717) is 19.0 Å². The van der Waals surface area contributed by atoms with Crippen LogP contribution >= 0.6 is 24.0 Å². The summed E-state index contributed by atoms with van der Waals surface area (Å²) in [7, 11) is 0. The minimum absolute atomic E-state index is 0. The number of aromatic nitrogens is 1. The quantitative estimate of drug-likeness (QED) is 0.275. The normalized spacial score (nSPS) is 15.0. The SMILES string of the molecule is CCNC(=NCc1coc(-c2ccccc2)n1)N1CCC(C(=O)OCC)CC1.I. The van der Waals surface area contributed by atoms with Crippen LogP contribution in [0.15, 0.2) is 46.0 Å². The number of likely N-dealkylation sites (tertiary alicyclic amines) is 1. The largest absolute Gasteiger partial charge is 0.466 e. The summed E-state index contributed by atoms with van der Waals surface area (Å²) in [4.78, 5) is 23.4. The van der Waals surface area contributed by atoms with Gasteiger partial charge in [-0.1, -0.05) is 18.2 Å². The second-order valence-corrected chi connectivity index (χ2v) is 6.69. The predicted molar refractivity (Wildman–Crippen MR) is 123 cm³/mol. The van der Waals surface area contributed by atoms with E-state index in [1.54, 1.807) is 6.26 Å². The molecule has 0 aliphatic carbocycles. The summed E-state index contributed by atoms with van der Waals surface area (Å²) in [6.07, 6.45) is 3.22. The molecule has 2 aromatic rings. The molecular weight excluding hydrogens is 483 g/mol. The van der Waals surface area contributed by atoms with Crippen LogP contribution in [0.4, 0.5) is 0 Å². The molecule has 1 aliphatic heterocycles. The van der Waals surface area contributed by atoms with Crippen molar-refractivity contribution in [3.05, 3.63) is 42.3 Å². The molecule has 1 aromatic carbocycles. The van der Waals surface area contributed by atoms with Crippen LogP contribution in [0.5, 0.6) is 0 Å². The van der Waals surface area contributed by atoms with Crippen LogP contribution in [0.1, 0.15) is 32.4 Å². The molecule has 7 nitrogen and oxygen atoms in total. The number of aliphatic imine (C=N–C) groups is 1. The predicted octanol–water partition coefficient (Wildman–Crippen LogP) is 3.70. The number of nitrogens with one attached hydrogen (secondary N) is 1. The lowest BCUT2D eigenvalue weighted by Gasteiger charge is -2.33. The minimum atomic E-state index is -0.0832. The van der Waals surface area contributed by atoms with Crippen molar-refractivity contribution in [3.8, 4) is 11.5 Å². The van der Waals surface area contributed by atoms with Gasteiger partial charge < -0.3 is 19.4 Å². The number of halogens is 1. The molecule has 29 heavy (non-hydrogen) atoms. The smallest absolute Gasteiger partial charge is 0.309 e. The van der Waals surface area contributed by atoms with Crippen molar-refractivity contribution in [2.45, 2.75) is 33.2 Å². The maximum absolute atomic E-state index is 11.9. The van der Waals surface area contributed by atoms with Gasteiger partial charge in [0, 0.05) is 25.2 Å². The van der Waals surface area contributed by atoms with Crippen molar-refractivity contribution in [2.24, 2.45) is 10.9 Å². The summed E-state index contributed by atoms with van der Waals surface area (Å²) in [5.74, 6) is 1.35. The number of carbonyl (C=O) groups excluding carboxylic acids is 1. The van der Waals surface area contributed by atoms with E-state index < -0.39 is 0 Å². The highest BCUT2D eigenvalue weighted by molar-refractivity contribution is 14.0. The molecule has 0 atom stereocenters. The van der Waals surface area contributed by atoms with Crippen LogP contribution in [0.25, 0.3) is 11.5 Å². The first-order valence-electron chi connectivity index (χ1n) is 9.91. The summed E-state index contributed by atoms with van der Waals surface area (Å²) >= 11 is 0. The Morgan fingerprint density at radius 3 is 2.66 bits per heavy atom. The zero-order valence-electron chi connectivity index (χ0n) is 17.0. The fourth-order valence-electron chi connectivity index (χ4n) is 3.26. The lowest BCUT2D eigenvalue weighted by atomic mass is 9.97. The van der Waals surface area contributed by atoms with Crippen molar-refractivity contribution >= 4 is 35.9 Å². The lowest BCUT2D eigenvalue weighted by Crippen LogP contribution is -2.46. The van der Waals surface area contributed by atoms with Gasteiger partial charge in [0.05, 0.1) is 19.1 Å². The molecule has 2 heterocycles. The molecule has 3 rings (SSSR count). The molecule has 158 valence electrons. The number of esters is 1. The molecule has 1 aromatic heterocycles. The molecule has 0 unspecified atom stereocenters. The molecule has 1 saturated heterocycles. The summed E-state index contributed by atoms with van der Waals surface area (Å²) in [6, 6.07) is 9.82. The number of ether oxygens (including phenoxy) is 1. The van der Waals surface area contributed by atoms with Crippen LogP contribution in [0, 0.1) is 5.92 Å². The maximum Gasteiger partial charge on any atom is 0.309 e. The van der Waals surface area contributed by atoms with Crippen molar-refractivity contribution in [1.29, 1.82) is 0 Å². The van der Waals surface area contributed by atoms with E-state index in [2.05, 4.69) is 15.2 Å². The summed E-state index contributed by atoms with van der Waals surface area (Å²) in [5.41, 5.74) is 1.74. The van der Waals surface area contributed by atoms with Gasteiger partial charge in [-0.3, -0.25) is 4.79 Å². The molecular formula is C21H29IN4O3. The van der Waals surface area contributed by atoms with Gasteiger partial charge in [0.1, 0.15) is 12.0 Å². The Morgan fingerprint density at radius 1 is 1.28 bits per heavy atom. The molecule has 1 N–H and O–H groups in total. The van der Waals surface area contributed by atoms with E-state index in [-0.39, 0.29) is 35.9 Å². The first-order chi connectivity index (χ1) is 13.7. The fourth-order valence-corrected chi connectivity index (χ4v) is 3.26. The van der Waals surface area contributed by atoms with Gasteiger partial charge in [-0.25, -0.2) is 9.98 Å². The van der Waals surface area contributed by atoms with Gasteiger partial charge in [-0.2, -0.15) is 0 Å². The molecule has 0 amide bonds. The number of hydrogen-bond acceptors (Lipinski definition) is 5. The number of piperidine rings is 1. The Kier molecular flexibility index (Phi) is 9.43. The third-order valence-electron chi connectivity index (χ3n) is 4.71. The van der Waals surface area contributed by atoms with Crippen LogP contribution in [-0.2, 0) is 16.1 Å². The Balaban J connectivity index is 0.00000300. The first kappa shape index (κ1) is 23.2. The third kappa shape index (κ3) is 6.45. The average Bonchev–Trinajstić information content (AvgIpc) is 3.21. The lowest BCUT2D eigenvalue weighted by molar-refractivity contribution is -0.149. The fraction of sp³-hybridized carbons (Fsp3) is 0.476. The minimum Gasteiger partial charge on any atom is -0.466 e. The Hall–Kier alpha value is -2.10. The van der Waals surface area contributed by atoms with E-state index >= 15 is 0 Å². The number of rotatable bonds is 6. The highest BCUT2D eigenvalue weighted by Crippen LogP contribution is 2.20. The molecule has 1 fully saturated rings. The van der Waals surface area contributed by atoms with Crippen molar-refractivity contribution < 1.29 is 13.9 Å². The molecule has 0 bridgehead atoms. The number of guanidine groups is 1. The van der Waals surface area contributed by atoms with E-state index in [4.69, 9.17) is 14.1 Å². The number of carbonyl (C=O) groups is 1. The topological polar surface area (TPSA) is 80.0 Å². The van der Waals surface area contributed by atoms with Gasteiger partial charge in [0.2, 0.25) is 5.89 Å². The maximum atomic E-state index is 11.9. The second-order valence-electron chi connectivity index (χ2n) is 6.69. The average molecular weight is 512 g/mol. The van der Waals surface area contributed by atoms with Gasteiger partial charge in [0.25, 0.3) is 0 Å². The van der Waals surface area contributed by atoms with E-state index in [1.807, 2.05) is 44.2 Å². The summed E-state index contributed by atoms with van der Waals surface area (Å²) in [6.45, 7) is 7.11. The molecule has 0 saturated carbocycles. The van der Waals surface area contributed by atoms with Crippen LogP contribution in [0.2, 0.25) is 0 Å². The van der Waals surface area contributed by atoms with Gasteiger partial charge in [0.15, 0.2) is 5.96 Å². The zero-order valence-corrected chi connectivity index (χ0v) is 19.3. The number of oxazole rings is 1. The Bertz CT molecular complexity index is 786. The standard InChI is InChI=1S/C21H28N4O3.HI/c1-3-22-21(25-12-10-17(11-13-25)20(26)27-4-2)23-14-18-15-28-19(24-18)16-8-6-5-7-9-16;/h5-9,15,17H,3-4,10-14H2,1-2H3,(H,22,23);1H. The third-order valence-corrected chi connectivity index (χ3v) is 4.71. The van der Waals surface area contributed by atoms with E-state index in [0.717, 1.165) is 49.7 Å². The number of benzene rings is 1. The van der Waals surface area contributed by atoms with Crippen LogP contribution < -0.4 is 5.32 Å². The van der Waals surface area contributed by atoms with Crippen LogP contribution in [0.3, 0.4) is 0 Å². The van der Waals surface area contributed by atoms with Gasteiger partial charge >= 0.3 is 5.97 Å². The Labute approximate surface area is 188 Å². The van der Waals surface area contributed by atoms with Gasteiger partial charge in [-0.05, 0) is 38.8 Å². The zero-order chi connectivity index (χ0) is 19.8. The van der Waals surface area contributed by atoms with Crippen LogP contribution in [-0.4, -0.2) is 48.1 Å². The number of hydrogen-bond donors (Lipinski definition) is 1. The Morgan fingerprint density at radius 2 is 2.00 bits per heavy atom. The number of nitrogens with zero attached hydrogens (tertiary/aromatic N) is 3. The summed E-state index contributed by atoms with van der Waals surface area (Å²) < 4.78 is 10.7.